The smallest absolute Gasteiger partial charge is 0.156 e. The topological polar surface area (TPSA) is 92.4 Å². The van der Waals surface area contributed by atoms with Crippen LogP contribution in [-0.4, -0.2) is 43.2 Å². The van der Waals surface area contributed by atoms with Gasteiger partial charge in [0.15, 0.2) is 5.82 Å². The number of hydrogen-bond acceptors (Lipinski definition) is 6. The molecule has 3 N–H and O–H groups in total. The van der Waals surface area contributed by atoms with E-state index in [0.717, 1.165) is 22.2 Å². The summed E-state index contributed by atoms with van der Waals surface area (Å²) in [4.78, 5) is 9.55. The van der Waals surface area contributed by atoms with Crippen molar-refractivity contribution in [3.63, 3.8) is 0 Å². The molecule has 0 aliphatic rings. The summed E-state index contributed by atoms with van der Waals surface area (Å²) >= 11 is 0. The van der Waals surface area contributed by atoms with E-state index in [4.69, 9.17) is 14.7 Å². The van der Waals surface area contributed by atoms with Crippen LogP contribution in [0.2, 0.25) is 0 Å². The van der Waals surface area contributed by atoms with Gasteiger partial charge in [0.2, 0.25) is 0 Å². The predicted molar refractivity (Wildman–Crippen MR) is 116 cm³/mol. The van der Waals surface area contributed by atoms with Crippen molar-refractivity contribution in [2.45, 2.75) is 66.5 Å². The average molecular weight is 401 g/mol. The molecule has 0 bridgehead atoms. The molecule has 7 nitrogen and oxygen atoms in total. The van der Waals surface area contributed by atoms with E-state index in [-0.39, 0.29) is 5.41 Å². The molecule has 3 aromatic rings. The molecule has 7 heteroatoms. The number of imidazole rings is 1. The number of anilines is 1. The van der Waals surface area contributed by atoms with Gasteiger partial charge in [-0.1, -0.05) is 39.0 Å². The highest BCUT2D eigenvalue weighted by Crippen LogP contribution is 2.33. The maximum atomic E-state index is 10.6. The van der Waals surface area contributed by atoms with Crippen molar-refractivity contribution in [1.29, 1.82) is 0 Å². The van der Waals surface area contributed by atoms with Gasteiger partial charge >= 0.3 is 0 Å². The first kappa shape index (κ1) is 21.5. The zero-order chi connectivity index (χ0) is 21.4. The monoisotopic (exact) mass is 400 g/mol. The zero-order valence-corrected chi connectivity index (χ0v) is 18.2. The van der Waals surface area contributed by atoms with Gasteiger partial charge in [-0.2, -0.15) is 0 Å². The van der Waals surface area contributed by atoms with Crippen molar-refractivity contribution in [3.05, 3.63) is 30.1 Å². The molecule has 0 saturated carbocycles. The second-order valence-electron chi connectivity index (χ2n) is 9.15. The standard InChI is InChI=1S/C22H32N4O3/c1-7-29-12-16-24-17-18(26(16)13-22(5,6)28)14-10-8-9-11-15(14)23-19(17)25-20(27)21(2,3)4/h8-11,20,27-28H,7,12-13H2,1-6H3,(H,23,25). The van der Waals surface area contributed by atoms with Crippen molar-refractivity contribution >= 4 is 27.8 Å². The highest BCUT2D eigenvalue weighted by atomic mass is 16.5. The fourth-order valence-corrected chi connectivity index (χ4v) is 3.19. The van der Waals surface area contributed by atoms with Crippen molar-refractivity contribution in [2.75, 3.05) is 11.9 Å². The van der Waals surface area contributed by atoms with Gasteiger partial charge in [0.25, 0.3) is 0 Å². The van der Waals surface area contributed by atoms with E-state index in [1.54, 1.807) is 13.8 Å². The molecule has 0 radical (unpaired) electrons. The highest BCUT2D eigenvalue weighted by Gasteiger charge is 2.26. The summed E-state index contributed by atoms with van der Waals surface area (Å²) in [7, 11) is 0. The third-order valence-corrected chi connectivity index (χ3v) is 4.74. The van der Waals surface area contributed by atoms with Gasteiger partial charge in [-0.15, -0.1) is 0 Å². The Balaban J connectivity index is 2.29. The van der Waals surface area contributed by atoms with Gasteiger partial charge < -0.3 is 24.8 Å². The average Bonchev–Trinajstić information content (AvgIpc) is 2.96. The second kappa shape index (κ2) is 7.89. The molecule has 0 aliphatic carbocycles. The van der Waals surface area contributed by atoms with Gasteiger partial charge in [-0.25, -0.2) is 9.97 Å². The number of ether oxygens (including phenoxy) is 1. The van der Waals surface area contributed by atoms with Crippen LogP contribution < -0.4 is 5.32 Å². The van der Waals surface area contributed by atoms with Gasteiger partial charge in [0.1, 0.15) is 24.2 Å². The maximum absolute atomic E-state index is 10.6. The van der Waals surface area contributed by atoms with Crippen LogP contribution in [0.1, 0.15) is 47.4 Å². The molecule has 1 aromatic carbocycles. The van der Waals surface area contributed by atoms with Gasteiger partial charge in [-0.3, -0.25) is 0 Å². The van der Waals surface area contributed by atoms with E-state index < -0.39 is 11.8 Å². The molecular weight excluding hydrogens is 368 g/mol. The predicted octanol–water partition coefficient (Wildman–Crippen LogP) is 3.67. The summed E-state index contributed by atoms with van der Waals surface area (Å²) in [5.41, 5.74) is 1.02. The van der Waals surface area contributed by atoms with Crippen molar-refractivity contribution in [3.8, 4) is 0 Å². The van der Waals surface area contributed by atoms with Crippen LogP contribution in [0.5, 0.6) is 0 Å². The van der Waals surface area contributed by atoms with Crippen LogP contribution >= 0.6 is 0 Å². The number of rotatable bonds is 7. The first-order valence-corrected chi connectivity index (χ1v) is 10.0. The maximum Gasteiger partial charge on any atom is 0.156 e. The van der Waals surface area contributed by atoms with Crippen LogP contribution in [0.3, 0.4) is 0 Å². The number of aromatic nitrogens is 3. The van der Waals surface area contributed by atoms with Crippen molar-refractivity contribution in [1.82, 2.24) is 14.5 Å². The number of hydrogen-bond donors (Lipinski definition) is 3. The quantitative estimate of drug-likeness (QED) is 0.524. The number of pyridine rings is 1. The molecule has 1 atom stereocenters. The third-order valence-electron chi connectivity index (χ3n) is 4.74. The van der Waals surface area contributed by atoms with Crippen molar-refractivity contribution < 1.29 is 14.9 Å². The van der Waals surface area contributed by atoms with E-state index in [2.05, 4.69) is 5.32 Å². The summed E-state index contributed by atoms with van der Waals surface area (Å²) in [6.45, 7) is 12.6. The Hall–Kier alpha value is -2.22. The summed E-state index contributed by atoms with van der Waals surface area (Å²) in [6, 6.07) is 7.84. The third kappa shape index (κ3) is 4.69. The molecule has 1 unspecified atom stereocenters. The lowest BCUT2D eigenvalue weighted by Crippen LogP contribution is -2.34. The summed E-state index contributed by atoms with van der Waals surface area (Å²) < 4.78 is 7.64. The minimum Gasteiger partial charge on any atom is -0.389 e. The number of nitrogens with zero attached hydrogens (tertiary/aromatic N) is 3. The Labute approximate surface area is 171 Å². The first-order chi connectivity index (χ1) is 13.5. The number of aliphatic hydroxyl groups excluding tert-OH is 1. The summed E-state index contributed by atoms with van der Waals surface area (Å²) in [5, 5.41) is 25.2. The molecule has 3 rings (SSSR count). The molecule has 29 heavy (non-hydrogen) atoms. The fraction of sp³-hybridized carbons (Fsp3) is 0.545. The van der Waals surface area contributed by atoms with E-state index >= 15 is 0 Å². The van der Waals surface area contributed by atoms with E-state index in [0.29, 0.717) is 31.1 Å². The van der Waals surface area contributed by atoms with Gasteiger partial charge in [-0.05, 0) is 26.8 Å². The van der Waals surface area contributed by atoms with E-state index in [1.807, 2.05) is 56.5 Å². The lowest BCUT2D eigenvalue weighted by Gasteiger charge is -2.27. The Morgan fingerprint density at radius 3 is 2.45 bits per heavy atom. The molecular formula is C22H32N4O3. The number of fused-ring (bicyclic) bond motifs is 3. The lowest BCUT2D eigenvalue weighted by atomic mass is 9.94. The molecule has 0 fully saturated rings. The molecule has 0 aliphatic heterocycles. The van der Waals surface area contributed by atoms with Crippen LogP contribution in [0.4, 0.5) is 5.82 Å². The zero-order valence-electron chi connectivity index (χ0n) is 18.2. The summed E-state index contributed by atoms with van der Waals surface area (Å²) in [5.74, 6) is 1.24. The summed E-state index contributed by atoms with van der Waals surface area (Å²) in [6.07, 6.45) is -0.797. The number of para-hydroxylation sites is 1. The minimum atomic E-state index is -0.933. The highest BCUT2D eigenvalue weighted by molar-refractivity contribution is 6.07. The van der Waals surface area contributed by atoms with E-state index in [1.165, 1.54) is 0 Å². The van der Waals surface area contributed by atoms with Crippen LogP contribution in [-0.2, 0) is 17.9 Å². The molecule has 0 spiro atoms. The van der Waals surface area contributed by atoms with Gasteiger partial charge in [0.05, 0.1) is 23.2 Å². The van der Waals surface area contributed by atoms with Crippen LogP contribution in [0.15, 0.2) is 24.3 Å². The van der Waals surface area contributed by atoms with Gasteiger partial charge in [0, 0.05) is 17.4 Å². The Kier molecular flexibility index (Phi) is 5.85. The van der Waals surface area contributed by atoms with Crippen molar-refractivity contribution in [2.24, 2.45) is 5.41 Å². The lowest BCUT2D eigenvalue weighted by molar-refractivity contribution is 0.0582. The van der Waals surface area contributed by atoms with Crippen LogP contribution in [0.25, 0.3) is 21.9 Å². The molecule has 2 heterocycles. The molecule has 158 valence electrons. The Morgan fingerprint density at radius 2 is 1.83 bits per heavy atom. The molecule has 2 aromatic heterocycles. The largest absolute Gasteiger partial charge is 0.389 e. The van der Waals surface area contributed by atoms with Crippen LogP contribution in [0, 0.1) is 5.41 Å². The normalized spacial score (nSPS) is 13.9. The Morgan fingerprint density at radius 1 is 1.14 bits per heavy atom. The fourth-order valence-electron chi connectivity index (χ4n) is 3.19. The number of aliphatic hydroxyl groups is 2. The molecule has 0 amide bonds. The number of nitrogens with one attached hydrogen (secondary N) is 1. The second-order valence-corrected chi connectivity index (χ2v) is 9.15. The Bertz CT molecular complexity index is 999. The van der Waals surface area contributed by atoms with E-state index in [9.17, 15) is 10.2 Å². The minimum absolute atomic E-state index is 0.330. The molecule has 0 saturated heterocycles. The SMILES string of the molecule is CCOCc1nc2c(NC(O)C(C)(C)C)nc3ccccc3c2n1CC(C)(C)O. The first-order valence-electron chi connectivity index (χ1n) is 10.0. The number of benzene rings is 1.